The average molecular weight is 275 g/mol. The Labute approximate surface area is 106 Å². The van der Waals surface area contributed by atoms with Crippen LogP contribution >= 0.6 is 0 Å². The Morgan fingerprint density at radius 2 is 2.06 bits per heavy atom. The molecule has 6 nitrogen and oxygen atoms in total. The van der Waals surface area contributed by atoms with Gasteiger partial charge in [0.05, 0.1) is 5.75 Å². The van der Waals surface area contributed by atoms with Crippen LogP contribution in [0.1, 0.15) is 20.3 Å². The Hall–Kier alpha value is -1.37. The summed E-state index contributed by atoms with van der Waals surface area (Å²) in [6.45, 7) is 3.39. The van der Waals surface area contributed by atoms with Gasteiger partial charge >= 0.3 is 5.97 Å². The Kier molecular flexibility index (Phi) is 4.50. The fraction of sp³-hybridized carbons (Fsp3) is 0.636. The molecule has 0 saturated carbocycles. The zero-order chi connectivity index (χ0) is 13.9. The summed E-state index contributed by atoms with van der Waals surface area (Å²) in [5.41, 5.74) is 0. The second-order valence-corrected chi connectivity index (χ2v) is 6.68. The van der Waals surface area contributed by atoms with Gasteiger partial charge in [0, 0.05) is 17.7 Å². The van der Waals surface area contributed by atoms with Crippen LogP contribution < -0.4 is 5.32 Å². The first kappa shape index (κ1) is 14.7. The normalized spacial score (nSPS) is 22.9. The summed E-state index contributed by atoms with van der Waals surface area (Å²) >= 11 is 0. The number of carbonyl (C=O) groups is 2. The van der Waals surface area contributed by atoms with Crippen molar-refractivity contribution in [3.8, 4) is 0 Å². The van der Waals surface area contributed by atoms with E-state index in [2.05, 4.69) is 5.32 Å². The maximum atomic E-state index is 11.6. The molecule has 0 aliphatic carbocycles. The first-order chi connectivity index (χ1) is 8.21. The topological polar surface area (TPSA) is 101 Å². The van der Waals surface area contributed by atoms with Crippen LogP contribution in [0.25, 0.3) is 0 Å². The Balaban J connectivity index is 2.52. The molecule has 1 amide bonds. The van der Waals surface area contributed by atoms with Crippen LogP contribution in [-0.2, 0) is 19.4 Å². The molecule has 1 rings (SSSR count). The van der Waals surface area contributed by atoms with Crippen molar-refractivity contribution in [2.24, 2.45) is 11.8 Å². The van der Waals surface area contributed by atoms with E-state index in [4.69, 9.17) is 5.11 Å². The fourth-order valence-electron chi connectivity index (χ4n) is 1.75. The lowest BCUT2D eigenvalue weighted by Crippen LogP contribution is -2.44. The van der Waals surface area contributed by atoms with E-state index >= 15 is 0 Å². The quantitative estimate of drug-likeness (QED) is 0.744. The minimum atomic E-state index is -3.18. The molecule has 1 heterocycles. The summed E-state index contributed by atoms with van der Waals surface area (Å²) < 4.78 is 22.3. The lowest BCUT2D eigenvalue weighted by molar-refractivity contribution is -0.143. The van der Waals surface area contributed by atoms with Crippen LogP contribution in [0.15, 0.2) is 11.5 Å². The van der Waals surface area contributed by atoms with Crippen molar-refractivity contribution in [1.29, 1.82) is 0 Å². The van der Waals surface area contributed by atoms with Crippen LogP contribution in [0.3, 0.4) is 0 Å². The van der Waals surface area contributed by atoms with E-state index in [-0.39, 0.29) is 24.0 Å². The molecule has 0 bridgehead atoms. The predicted octanol–water partition coefficient (Wildman–Crippen LogP) is 0.160. The van der Waals surface area contributed by atoms with Gasteiger partial charge in [-0.25, -0.2) is 13.2 Å². The number of allylic oxidation sites excluding steroid dienone is 1. The van der Waals surface area contributed by atoms with E-state index in [0.29, 0.717) is 0 Å². The molecule has 102 valence electrons. The van der Waals surface area contributed by atoms with E-state index < -0.39 is 27.8 Å². The summed E-state index contributed by atoms with van der Waals surface area (Å²) in [5.74, 6) is -2.21. The standard InChI is InChI=1S/C11H17NO5S/c1-7(2)10(11(14)15)12-9(13)5-8-3-4-18(16,17)6-8/h3-4,7-8,10H,5-6H2,1-2H3,(H,12,13)(H,14,15). The number of sulfone groups is 1. The number of rotatable bonds is 5. The minimum Gasteiger partial charge on any atom is -0.480 e. The van der Waals surface area contributed by atoms with Crippen LogP contribution in [0.5, 0.6) is 0 Å². The molecule has 2 N–H and O–H groups in total. The van der Waals surface area contributed by atoms with Crippen LogP contribution in [0.2, 0.25) is 0 Å². The molecule has 2 unspecified atom stereocenters. The zero-order valence-corrected chi connectivity index (χ0v) is 11.1. The molecular weight excluding hydrogens is 258 g/mol. The monoisotopic (exact) mass is 275 g/mol. The Bertz CT molecular complexity index is 466. The van der Waals surface area contributed by atoms with Crippen molar-refractivity contribution < 1.29 is 23.1 Å². The number of carboxylic acid groups (broad SMARTS) is 1. The van der Waals surface area contributed by atoms with Gasteiger partial charge in [-0.05, 0) is 5.92 Å². The maximum Gasteiger partial charge on any atom is 0.326 e. The molecule has 18 heavy (non-hydrogen) atoms. The lowest BCUT2D eigenvalue weighted by atomic mass is 10.0. The summed E-state index contributed by atoms with van der Waals surface area (Å²) in [7, 11) is -3.18. The van der Waals surface area contributed by atoms with Gasteiger partial charge in [0.15, 0.2) is 9.84 Å². The third-order valence-corrected chi connectivity index (χ3v) is 4.17. The highest BCUT2D eigenvalue weighted by Gasteiger charge is 2.27. The van der Waals surface area contributed by atoms with Gasteiger partial charge < -0.3 is 10.4 Å². The van der Waals surface area contributed by atoms with Gasteiger partial charge in [0.2, 0.25) is 5.91 Å². The fourth-order valence-corrected chi connectivity index (χ4v) is 3.15. The molecule has 0 saturated heterocycles. The predicted molar refractivity (Wildman–Crippen MR) is 65.4 cm³/mol. The first-order valence-electron chi connectivity index (χ1n) is 5.64. The largest absolute Gasteiger partial charge is 0.480 e. The van der Waals surface area contributed by atoms with Crippen LogP contribution in [-0.4, -0.2) is 37.2 Å². The lowest BCUT2D eigenvalue weighted by Gasteiger charge is -2.18. The summed E-state index contributed by atoms with van der Waals surface area (Å²) in [6, 6.07) is -0.945. The Morgan fingerprint density at radius 1 is 1.44 bits per heavy atom. The molecule has 7 heteroatoms. The van der Waals surface area contributed by atoms with Crippen molar-refractivity contribution in [2.75, 3.05) is 5.75 Å². The first-order valence-corrected chi connectivity index (χ1v) is 7.36. The summed E-state index contributed by atoms with van der Waals surface area (Å²) in [5, 5.41) is 12.4. The maximum absolute atomic E-state index is 11.6. The minimum absolute atomic E-state index is 0.00771. The van der Waals surface area contributed by atoms with Gasteiger partial charge in [-0.15, -0.1) is 0 Å². The van der Waals surface area contributed by atoms with E-state index in [0.717, 1.165) is 5.41 Å². The molecule has 2 atom stereocenters. The van der Waals surface area contributed by atoms with Gasteiger partial charge in [-0.3, -0.25) is 4.79 Å². The highest BCUT2D eigenvalue weighted by molar-refractivity contribution is 7.94. The van der Waals surface area contributed by atoms with E-state index in [9.17, 15) is 18.0 Å². The smallest absolute Gasteiger partial charge is 0.326 e. The number of aliphatic carboxylic acids is 1. The molecular formula is C11H17NO5S. The molecule has 0 aromatic heterocycles. The SMILES string of the molecule is CC(C)C(NC(=O)CC1C=CS(=O)(=O)C1)C(=O)O. The van der Waals surface area contributed by atoms with E-state index in [1.807, 2.05) is 0 Å². The number of carboxylic acids is 1. The van der Waals surface area contributed by atoms with Crippen molar-refractivity contribution in [3.05, 3.63) is 11.5 Å². The summed E-state index contributed by atoms with van der Waals surface area (Å²) in [6.07, 6.45) is 1.46. The number of nitrogens with one attached hydrogen (secondary N) is 1. The van der Waals surface area contributed by atoms with Crippen molar-refractivity contribution >= 4 is 21.7 Å². The van der Waals surface area contributed by atoms with Gasteiger partial charge in [0.25, 0.3) is 0 Å². The average Bonchev–Trinajstić information content (AvgIpc) is 2.53. The van der Waals surface area contributed by atoms with Gasteiger partial charge in [-0.2, -0.15) is 0 Å². The molecule has 0 radical (unpaired) electrons. The third-order valence-electron chi connectivity index (χ3n) is 2.70. The third kappa shape index (κ3) is 4.14. The highest BCUT2D eigenvalue weighted by Crippen LogP contribution is 2.18. The molecule has 0 fully saturated rings. The zero-order valence-electron chi connectivity index (χ0n) is 10.3. The van der Waals surface area contributed by atoms with Crippen molar-refractivity contribution in [2.45, 2.75) is 26.3 Å². The molecule has 1 aliphatic rings. The van der Waals surface area contributed by atoms with Crippen molar-refractivity contribution in [1.82, 2.24) is 5.32 Å². The Morgan fingerprint density at radius 3 is 2.44 bits per heavy atom. The van der Waals surface area contributed by atoms with Crippen LogP contribution in [0.4, 0.5) is 0 Å². The number of carbonyl (C=O) groups excluding carboxylic acids is 1. The van der Waals surface area contributed by atoms with E-state index in [1.54, 1.807) is 13.8 Å². The molecule has 1 aliphatic heterocycles. The molecule has 0 aromatic carbocycles. The van der Waals surface area contributed by atoms with Crippen molar-refractivity contribution in [3.63, 3.8) is 0 Å². The number of hydrogen-bond donors (Lipinski definition) is 2. The number of amides is 1. The second kappa shape index (κ2) is 5.51. The number of hydrogen-bond acceptors (Lipinski definition) is 4. The van der Waals surface area contributed by atoms with Gasteiger partial charge in [0.1, 0.15) is 6.04 Å². The second-order valence-electron chi connectivity index (χ2n) is 4.75. The molecule has 0 aromatic rings. The van der Waals surface area contributed by atoms with E-state index in [1.165, 1.54) is 6.08 Å². The van der Waals surface area contributed by atoms with Gasteiger partial charge in [-0.1, -0.05) is 19.9 Å². The summed E-state index contributed by atoms with van der Waals surface area (Å²) in [4.78, 5) is 22.5. The highest BCUT2D eigenvalue weighted by atomic mass is 32.2. The molecule has 0 spiro atoms. The van der Waals surface area contributed by atoms with Crippen LogP contribution in [0, 0.1) is 11.8 Å².